The van der Waals surface area contributed by atoms with Gasteiger partial charge in [0.25, 0.3) is 0 Å². The molecule has 284 valence electrons. The Morgan fingerprint density at radius 1 is 0.604 bits per heavy atom. The van der Waals surface area contributed by atoms with Gasteiger partial charge in [-0.1, -0.05) is 7.43 Å². The smallest absolute Gasteiger partial charge is 0.422 e. The summed E-state index contributed by atoms with van der Waals surface area (Å²) in [6.07, 6.45) is -5.31. The third kappa shape index (κ3) is 10.3. The fourth-order valence-electron chi connectivity index (χ4n) is 4.08. The number of pyridine rings is 2. The second-order valence-corrected chi connectivity index (χ2v) is 10.5. The van der Waals surface area contributed by atoms with Gasteiger partial charge in [-0.25, -0.2) is 9.97 Å². The molecule has 0 unspecified atom stereocenters. The van der Waals surface area contributed by atoms with Crippen molar-refractivity contribution in [2.24, 2.45) is 0 Å². The molecule has 6 aromatic rings. The van der Waals surface area contributed by atoms with E-state index in [0.29, 0.717) is 11.1 Å². The molecule has 0 atom stereocenters. The standard InChI is InChI=1S/C15H12F5N5O2.C13H7ClF5N5O.CH4/c1-2-27-15(19,20)13-24-23-11-6-21-10(7-25(11)13)9-3-4-12(22-5-9)26-8-14(16,17)18;14-13(18,19)11-23-22-9-4-20-8(5-24(9)11)7-1-2-10(21-3-7)25-6-12(15,16)17;/h3-7H,2,8H2,1H3;1-5H,6H2;1H4. The van der Waals surface area contributed by atoms with Crippen LogP contribution in [0, 0.1) is 0 Å². The maximum Gasteiger partial charge on any atom is 0.422 e. The first kappa shape index (κ1) is 40.3. The van der Waals surface area contributed by atoms with E-state index in [1.165, 1.54) is 68.4 Å². The van der Waals surface area contributed by atoms with Crippen molar-refractivity contribution in [2.45, 2.75) is 38.2 Å². The molecule has 0 aliphatic heterocycles. The quantitative estimate of drug-likeness (QED) is 0.102. The van der Waals surface area contributed by atoms with Crippen LogP contribution in [0.5, 0.6) is 11.8 Å². The number of hydrogen-bond acceptors (Lipinski definition) is 11. The van der Waals surface area contributed by atoms with Gasteiger partial charge >= 0.3 is 23.8 Å². The third-order valence-corrected chi connectivity index (χ3v) is 6.43. The molecule has 0 saturated carbocycles. The Morgan fingerprint density at radius 3 is 1.42 bits per heavy atom. The lowest BCUT2D eigenvalue weighted by molar-refractivity contribution is -0.251. The van der Waals surface area contributed by atoms with Crippen LogP contribution in [0.25, 0.3) is 33.8 Å². The minimum Gasteiger partial charge on any atom is -0.468 e. The van der Waals surface area contributed by atoms with Gasteiger partial charge in [-0.2, -0.15) is 43.9 Å². The number of halogens is 11. The van der Waals surface area contributed by atoms with Crippen LogP contribution < -0.4 is 9.47 Å². The zero-order chi connectivity index (χ0) is 37.9. The number of aromatic nitrogens is 10. The number of ether oxygens (including phenoxy) is 3. The third-order valence-electron chi connectivity index (χ3n) is 6.26. The highest BCUT2D eigenvalue weighted by molar-refractivity contribution is 6.21. The molecule has 53 heavy (non-hydrogen) atoms. The molecule has 0 bridgehead atoms. The van der Waals surface area contributed by atoms with Crippen LogP contribution >= 0.6 is 11.6 Å². The van der Waals surface area contributed by atoms with E-state index in [1.54, 1.807) is 0 Å². The summed E-state index contributed by atoms with van der Waals surface area (Å²) in [5.74, 6) is -1.98. The van der Waals surface area contributed by atoms with Crippen LogP contribution in [0.3, 0.4) is 0 Å². The van der Waals surface area contributed by atoms with Crippen LogP contribution in [-0.4, -0.2) is 81.3 Å². The lowest BCUT2D eigenvalue weighted by Crippen LogP contribution is -2.21. The van der Waals surface area contributed by atoms with Gasteiger partial charge in [0.15, 0.2) is 24.5 Å². The van der Waals surface area contributed by atoms with E-state index >= 15 is 0 Å². The van der Waals surface area contributed by atoms with E-state index in [1.807, 2.05) is 0 Å². The fraction of sp³-hybridized carbons (Fsp3) is 0.310. The van der Waals surface area contributed by atoms with E-state index in [9.17, 15) is 43.9 Å². The van der Waals surface area contributed by atoms with Crippen molar-refractivity contribution in [1.82, 2.24) is 49.1 Å². The number of nitrogens with zero attached hydrogens (tertiary/aromatic N) is 10. The van der Waals surface area contributed by atoms with E-state index in [4.69, 9.17) is 11.6 Å². The molecule has 6 heterocycles. The van der Waals surface area contributed by atoms with Gasteiger partial charge in [-0.05, 0) is 30.7 Å². The Hall–Kier alpha value is -5.45. The normalized spacial score (nSPS) is 12.3. The molecular formula is C29H23ClF10N10O3. The SMILES string of the molecule is C.CCOC(F)(F)c1nnc2cnc(-c3ccc(OCC(F)(F)F)nc3)cn12.FC(F)(F)COc1ccc(-c2cn3c(C(F)(F)Cl)nnc3cn2)cn1. The largest absolute Gasteiger partial charge is 0.468 e. The lowest BCUT2D eigenvalue weighted by Gasteiger charge is -2.13. The molecule has 0 amide bonds. The molecule has 0 N–H and O–H groups in total. The molecular weight excluding hydrogens is 762 g/mol. The van der Waals surface area contributed by atoms with Crippen LogP contribution in [0.4, 0.5) is 43.9 Å². The van der Waals surface area contributed by atoms with Gasteiger partial charge in [0.05, 0.1) is 30.4 Å². The number of fused-ring (bicyclic) bond motifs is 2. The van der Waals surface area contributed by atoms with E-state index in [0.717, 1.165) is 8.80 Å². The highest BCUT2D eigenvalue weighted by atomic mass is 35.5. The molecule has 0 aromatic carbocycles. The Labute approximate surface area is 295 Å². The Bertz CT molecular complexity index is 2120. The van der Waals surface area contributed by atoms with Crippen LogP contribution in [-0.2, 0) is 16.2 Å². The summed E-state index contributed by atoms with van der Waals surface area (Å²) in [7, 11) is 0. The predicted octanol–water partition coefficient (Wildman–Crippen LogP) is 7.26. The highest BCUT2D eigenvalue weighted by Crippen LogP contribution is 2.32. The Morgan fingerprint density at radius 2 is 1.04 bits per heavy atom. The van der Waals surface area contributed by atoms with Crippen LogP contribution in [0.15, 0.2) is 61.4 Å². The number of rotatable bonds is 10. The predicted molar refractivity (Wildman–Crippen MR) is 163 cm³/mol. The Balaban J connectivity index is 0.000000233. The topological polar surface area (TPSA) is 140 Å². The first-order chi connectivity index (χ1) is 24.3. The zero-order valence-corrected chi connectivity index (χ0v) is 26.5. The molecule has 0 aliphatic carbocycles. The van der Waals surface area contributed by atoms with Crippen molar-refractivity contribution in [3.05, 3.63) is 73.1 Å². The second kappa shape index (κ2) is 15.7. The summed E-state index contributed by atoms with van der Waals surface area (Å²) in [5, 5.41) is 10.2. The van der Waals surface area contributed by atoms with Crippen molar-refractivity contribution in [3.8, 4) is 34.3 Å². The van der Waals surface area contributed by atoms with Gasteiger partial charge < -0.3 is 14.2 Å². The van der Waals surface area contributed by atoms with Crippen molar-refractivity contribution in [2.75, 3.05) is 19.8 Å². The first-order valence-corrected chi connectivity index (χ1v) is 14.5. The van der Waals surface area contributed by atoms with E-state index in [-0.39, 0.29) is 48.5 Å². The van der Waals surface area contributed by atoms with Crippen molar-refractivity contribution >= 4 is 22.9 Å². The molecule has 0 spiro atoms. The van der Waals surface area contributed by atoms with Gasteiger partial charge in [0.2, 0.25) is 23.4 Å². The maximum atomic E-state index is 14.0. The summed E-state index contributed by atoms with van der Waals surface area (Å²) in [6.45, 7) is -1.76. The molecule has 24 heteroatoms. The van der Waals surface area contributed by atoms with Crippen LogP contribution in [0.1, 0.15) is 26.0 Å². The van der Waals surface area contributed by atoms with Gasteiger partial charge in [0.1, 0.15) is 0 Å². The second-order valence-electron chi connectivity index (χ2n) is 10.1. The van der Waals surface area contributed by atoms with Gasteiger partial charge in [-0.15, -0.1) is 20.4 Å². The molecule has 13 nitrogen and oxygen atoms in total. The summed E-state index contributed by atoms with van der Waals surface area (Å²) < 4.78 is 143. The van der Waals surface area contributed by atoms with Crippen molar-refractivity contribution in [1.29, 1.82) is 0 Å². The summed E-state index contributed by atoms with van der Waals surface area (Å²) in [4.78, 5) is 15.5. The minimum atomic E-state index is -4.48. The first-order valence-electron chi connectivity index (χ1n) is 14.2. The average molecular weight is 785 g/mol. The minimum absolute atomic E-state index is 0. The number of hydrogen-bond donors (Lipinski definition) is 0. The molecule has 0 saturated heterocycles. The molecule has 6 aromatic heterocycles. The highest BCUT2D eigenvalue weighted by Gasteiger charge is 2.38. The monoisotopic (exact) mass is 784 g/mol. The number of alkyl halides is 11. The van der Waals surface area contributed by atoms with Gasteiger partial charge in [-0.3, -0.25) is 18.8 Å². The zero-order valence-electron chi connectivity index (χ0n) is 25.7. The van der Waals surface area contributed by atoms with Crippen molar-refractivity contribution in [3.63, 3.8) is 0 Å². The summed E-state index contributed by atoms with van der Waals surface area (Å²) in [5.41, 5.74) is 1.30. The van der Waals surface area contributed by atoms with Crippen LogP contribution in [0.2, 0.25) is 0 Å². The maximum absolute atomic E-state index is 14.0. The van der Waals surface area contributed by atoms with Crippen molar-refractivity contribution < 1.29 is 58.1 Å². The Kier molecular flexibility index (Phi) is 11.9. The molecule has 0 radical (unpaired) electrons. The fourth-order valence-corrected chi connectivity index (χ4v) is 4.21. The van der Waals surface area contributed by atoms with E-state index in [2.05, 4.69) is 54.5 Å². The molecule has 0 aliphatic rings. The average Bonchev–Trinajstić information content (AvgIpc) is 3.71. The molecule has 0 fully saturated rings. The summed E-state index contributed by atoms with van der Waals surface area (Å²) >= 11 is 4.97. The lowest BCUT2D eigenvalue weighted by atomic mass is 10.2. The van der Waals surface area contributed by atoms with E-state index < -0.39 is 48.7 Å². The summed E-state index contributed by atoms with van der Waals surface area (Å²) in [6, 6.07) is 5.21. The van der Waals surface area contributed by atoms with Gasteiger partial charge in [0, 0.05) is 48.0 Å². The molecule has 6 rings (SSSR count).